The van der Waals surface area contributed by atoms with Crippen LogP contribution in [0.25, 0.3) is 0 Å². The van der Waals surface area contributed by atoms with E-state index in [9.17, 15) is 29.6 Å². The van der Waals surface area contributed by atoms with E-state index in [-0.39, 0.29) is 69.3 Å². The molecule has 2 atom stereocenters. The van der Waals surface area contributed by atoms with Crippen molar-refractivity contribution in [3.63, 3.8) is 0 Å². The fourth-order valence-corrected chi connectivity index (χ4v) is 3.94. The van der Waals surface area contributed by atoms with Gasteiger partial charge in [0.25, 0.3) is 0 Å². The van der Waals surface area contributed by atoms with Crippen LogP contribution < -0.4 is 10.6 Å². The van der Waals surface area contributed by atoms with E-state index in [1.165, 1.54) is 14.2 Å². The van der Waals surface area contributed by atoms with Gasteiger partial charge < -0.3 is 30.5 Å². The molecule has 0 aliphatic rings. The highest BCUT2D eigenvalue weighted by molar-refractivity contribution is 5.88. The largest absolute Gasteiger partial charge is 0.469 e. The summed E-state index contributed by atoms with van der Waals surface area (Å²) in [4.78, 5) is 48.2. The number of hydrogen-bond donors (Lipinski definition) is 4. The van der Waals surface area contributed by atoms with Gasteiger partial charge in [-0.1, -0.05) is 26.7 Å². The zero-order chi connectivity index (χ0) is 30.6. The third kappa shape index (κ3) is 15.7. The van der Waals surface area contributed by atoms with Crippen molar-refractivity contribution in [1.29, 1.82) is 0 Å². The first-order chi connectivity index (χ1) is 18.9. The molecule has 0 aromatic rings. The highest BCUT2D eigenvalue weighted by Gasteiger charge is 2.31. The van der Waals surface area contributed by atoms with E-state index in [1.807, 2.05) is 20.8 Å². The molecule has 0 aliphatic carbocycles. The van der Waals surface area contributed by atoms with Crippen molar-refractivity contribution in [2.75, 3.05) is 53.5 Å². The molecule has 0 aromatic carbocycles. The van der Waals surface area contributed by atoms with Crippen LogP contribution >= 0.6 is 0 Å². The number of hydrogen-bond acceptors (Lipinski definition) is 11. The van der Waals surface area contributed by atoms with Gasteiger partial charge in [-0.15, -0.1) is 0 Å². The van der Waals surface area contributed by atoms with Crippen molar-refractivity contribution in [3.8, 4) is 0 Å². The smallest absolute Gasteiger partial charge is 0.306 e. The Morgan fingerprint density at radius 3 is 1.77 bits per heavy atom. The number of esters is 1. The highest BCUT2D eigenvalue weighted by Crippen LogP contribution is 2.17. The Kier molecular flexibility index (Phi) is 19.8. The van der Waals surface area contributed by atoms with E-state index in [2.05, 4.69) is 15.4 Å². The summed E-state index contributed by atoms with van der Waals surface area (Å²) in [6.45, 7) is 9.23. The minimum Gasteiger partial charge on any atom is -0.469 e. The van der Waals surface area contributed by atoms with Crippen LogP contribution in [0.2, 0.25) is 0 Å². The molecule has 0 bridgehead atoms. The van der Waals surface area contributed by atoms with Gasteiger partial charge in [0.05, 0.1) is 19.1 Å². The molecule has 2 unspecified atom stereocenters. The van der Waals surface area contributed by atoms with Gasteiger partial charge in [-0.3, -0.25) is 19.2 Å². The summed E-state index contributed by atoms with van der Waals surface area (Å²) in [6, 6.07) is 0. The number of ether oxygens (including phenoxy) is 2. The second kappa shape index (κ2) is 20.8. The zero-order valence-electron chi connectivity index (χ0n) is 25.6. The van der Waals surface area contributed by atoms with Crippen molar-refractivity contribution < 1.29 is 39.1 Å². The number of nitrogens with zero attached hydrogens (tertiary/aromatic N) is 2. The Labute approximate surface area is 240 Å². The third-order valence-electron chi connectivity index (χ3n) is 7.57. The summed E-state index contributed by atoms with van der Waals surface area (Å²) in [5.74, 6) is -0.627. The second-order valence-corrected chi connectivity index (χ2v) is 10.5. The topological polar surface area (TPSA) is 158 Å². The average molecular weight is 575 g/mol. The quantitative estimate of drug-likeness (QED) is 0.0721. The van der Waals surface area contributed by atoms with Crippen LogP contribution in [0, 0.1) is 0 Å². The zero-order valence-corrected chi connectivity index (χ0v) is 25.6. The molecule has 234 valence electrons. The van der Waals surface area contributed by atoms with Crippen molar-refractivity contribution in [1.82, 2.24) is 20.8 Å². The van der Waals surface area contributed by atoms with E-state index in [4.69, 9.17) is 4.74 Å². The maximum absolute atomic E-state index is 12.7. The van der Waals surface area contributed by atoms with Gasteiger partial charge >= 0.3 is 5.97 Å². The van der Waals surface area contributed by atoms with Gasteiger partial charge in [0, 0.05) is 59.1 Å². The van der Waals surface area contributed by atoms with E-state index in [1.54, 1.807) is 6.92 Å². The Hall–Kier alpha value is -1.96. The van der Waals surface area contributed by atoms with Crippen molar-refractivity contribution in [2.45, 2.75) is 103 Å². The number of unbranched alkanes of at least 4 members (excludes halogenated alkanes) is 3. The van der Waals surface area contributed by atoms with Crippen LogP contribution in [0.3, 0.4) is 0 Å². The van der Waals surface area contributed by atoms with E-state index in [0.717, 1.165) is 35.8 Å². The first kappa shape index (κ1) is 38.0. The maximum atomic E-state index is 12.7. The molecule has 40 heavy (non-hydrogen) atoms. The molecule has 0 fully saturated rings. The first-order valence-electron chi connectivity index (χ1n) is 14.4. The summed E-state index contributed by atoms with van der Waals surface area (Å²) in [5, 5.41) is 28.0. The Morgan fingerprint density at radius 2 is 1.25 bits per heavy atom. The van der Waals surface area contributed by atoms with Crippen molar-refractivity contribution in [3.05, 3.63) is 0 Å². The summed E-state index contributed by atoms with van der Waals surface area (Å²) in [7, 11) is 2.79. The normalized spacial score (nSPS) is 14.6. The number of rotatable bonds is 25. The molecular weight excluding hydrogens is 520 g/mol. The van der Waals surface area contributed by atoms with Crippen LogP contribution in [0.5, 0.6) is 0 Å². The lowest BCUT2D eigenvalue weighted by molar-refractivity contribution is -0.146. The number of hydroxylamine groups is 4. The fraction of sp³-hybridized carbons (Fsp3) is 0.857. The van der Waals surface area contributed by atoms with Crippen LogP contribution in [0.15, 0.2) is 0 Å². The minimum atomic E-state index is -0.848. The number of carbonyl (C=O) groups is 4. The van der Waals surface area contributed by atoms with E-state index < -0.39 is 17.1 Å². The molecule has 1 amide bonds. The number of nitrogens with one attached hydrogen (secondary N) is 2. The highest BCUT2D eigenvalue weighted by atomic mass is 16.5. The Morgan fingerprint density at radius 1 is 0.725 bits per heavy atom. The molecule has 0 aliphatic heterocycles. The standard InChI is InChI=1S/C28H54N4O8/c1-7-27(3,23(33)13-19-32(38)22-16-26(36)39-5)30-18-12-10-9-11-17-29-25(35)15-21-31(37)20-14-24(34)28(4,8-2)40-6/h30,37-38H,7-22H2,1-6H3,(H,29,35). The van der Waals surface area contributed by atoms with Gasteiger partial charge in [0.2, 0.25) is 5.91 Å². The predicted octanol–water partition coefficient (Wildman–Crippen LogP) is 2.49. The van der Waals surface area contributed by atoms with Crippen LogP contribution in [0.4, 0.5) is 0 Å². The minimum absolute atomic E-state index is 0.0114. The molecule has 0 heterocycles. The number of amides is 1. The monoisotopic (exact) mass is 574 g/mol. The fourth-order valence-electron chi connectivity index (χ4n) is 3.94. The Balaban J connectivity index is 4.01. The van der Waals surface area contributed by atoms with E-state index >= 15 is 0 Å². The maximum Gasteiger partial charge on any atom is 0.306 e. The molecular formula is C28H54N4O8. The van der Waals surface area contributed by atoms with Gasteiger partial charge in [-0.05, 0) is 46.1 Å². The van der Waals surface area contributed by atoms with Gasteiger partial charge in [-0.25, -0.2) is 0 Å². The van der Waals surface area contributed by atoms with Crippen LogP contribution in [0.1, 0.15) is 91.9 Å². The van der Waals surface area contributed by atoms with Crippen molar-refractivity contribution >= 4 is 23.4 Å². The second-order valence-electron chi connectivity index (χ2n) is 10.5. The molecule has 4 N–H and O–H groups in total. The van der Waals surface area contributed by atoms with Crippen molar-refractivity contribution in [2.24, 2.45) is 0 Å². The lowest BCUT2D eigenvalue weighted by Crippen LogP contribution is -2.50. The summed E-state index contributed by atoms with van der Waals surface area (Å²) in [5.41, 5.74) is -1.52. The van der Waals surface area contributed by atoms with Gasteiger partial charge in [-0.2, -0.15) is 10.1 Å². The van der Waals surface area contributed by atoms with Gasteiger partial charge in [0.1, 0.15) is 5.60 Å². The summed E-state index contributed by atoms with van der Waals surface area (Å²) >= 11 is 0. The SMILES string of the molecule is CCC(C)(NCCCCCCNC(=O)CCN(O)CCC(=O)C(C)(CC)OC)C(=O)CCN(O)CCC(=O)OC. The molecule has 12 heteroatoms. The predicted molar refractivity (Wildman–Crippen MR) is 151 cm³/mol. The molecule has 0 spiro atoms. The molecule has 0 radical (unpaired) electrons. The summed E-state index contributed by atoms with van der Waals surface area (Å²) < 4.78 is 9.82. The third-order valence-corrected chi connectivity index (χ3v) is 7.57. The summed E-state index contributed by atoms with van der Waals surface area (Å²) in [6.07, 6.45) is 5.31. The first-order valence-corrected chi connectivity index (χ1v) is 14.4. The average Bonchev–Trinajstić information content (AvgIpc) is 2.96. The Bertz CT molecular complexity index is 763. The van der Waals surface area contributed by atoms with Crippen LogP contribution in [-0.4, -0.2) is 109 Å². The molecule has 0 aromatic heterocycles. The van der Waals surface area contributed by atoms with Crippen LogP contribution in [-0.2, 0) is 28.7 Å². The lowest BCUT2D eigenvalue weighted by Gasteiger charge is -2.29. The lowest BCUT2D eigenvalue weighted by atomic mass is 9.91. The number of methoxy groups -OCH3 is 2. The number of Topliss-reactive ketones (excluding diaryl/α,β-unsaturated/α-hetero) is 2. The number of carbonyl (C=O) groups excluding carboxylic acids is 4. The molecule has 12 nitrogen and oxygen atoms in total. The molecule has 0 rings (SSSR count). The molecule has 0 saturated carbocycles. The van der Waals surface area contributed by atoms with E-state index in [0.29, 0.717) is 25.9 Å². The molecule has 0 saturated heterocycles. The van der Waals surface area contributed by atoms with Gasteiger partial charge in [0.15, 0.2) is 11.6 Å². The number of ketones is 2.